The molecule has 4 nitrogen and oxygen atoms in total. The van der Waals surface area contributed by atoms with E-state index in [-0.39, 0.29) is 16.7 Å². The molecule has 4 heteroatoms. The second kappa shape index (κ2) is 5.96. The van der Waals surface area contributed by atoms with E-state index in [1.807, 2.05) is 6.07 Å². The molecule has 0 aliphatic heterocycles. The molecule has 0 saturated heterocycles. The summed E-state index contributed by atoms with van der Waals surface area (Å²) in [4.78, 5) is 10.6. The zero-order valence-electron chi connectivity index (χ0n) is 10.7. The molecule has 2 rings (SSSR count). The first-order valence-electron chi connectivity index (χ1n) is 6.61. The zero-order chi connectivity index (χ0) is 13.0. The fourth-order valence-electron chi connectivity index (χ4n) is 2.52. The van der Waals surface area contributed by atoms with Gasteiger partial charge in [0.15, 0.2) is 0 Å². The second-order valence-corrected chi connectivity index (χ2v) is 4.71. The van der Waals surface area contributed by atoms with Gasteiger partial charge in [-0.15, -0.1) is 0 Å². The minimum Gasteiger partial charge on any atom is -0.374 e. The summed E-state index contributed by atoms with van der Waals surface area (Å²) >= 11 is 0. The number of nitro groups is 1. The predicted molar refractivity (Wildman–Crippen MR) is 69.6 cm³/mol. The number of fused-ring (bicyclic) bond motifs is 1. The molecule has 1 aromatic rings. The zero-order valence-corrected chi connectivity index (χ0v) is 10.7. The lowest BCUT2D eigenvalue weighted by Crippen LogP contribution is -2.02. The van der Waals surface area contributed by atoms with Crippen molar-refractivity contribution in [3.63, 3.8) is 0 Å². The maximum absolute atomic E-state index is 10.9. The van der Waals surface area contributed by atoms with E-state index in [0.29, 0.717) is 0 Å². The highest BCUT2D eigenvalue weighted by atomic mass is 16.6. The SMILES string of the molecule is CCCCCOC1CCc2c1cccc2[N+](=O)[O-]. The maximum Gasteiger partial charge on any atom is 0.272 e. The first-order chi connectivity index (χ1) is 8.74. The molecule has 0 N–H and O–H groups in total. The van der Waals surface area contributed by atoms with Crippen LogP contribution in [0.15, 0.2) is 18.2 Å². The molecule has 0 heterocycles. The largest absolute Gasteiger partial charge is 0.374 e. The Morgan fingerprint density at radius 3 is 3.00 bits per heavy atom. The van der Waals surface area contributed by atoms with E-state index in [4.69, 9.17) is 4.74 Å². The van der Waals surface area contributed by atoms with Gasteiger partial charge < -0.3 is 4.74 Å². The first-order valence-corrected chi connectivity index (χ1v) is 6.61. The molecule has 0 radical (unpaired) electrons. The minimum absolute atomic E-state index is 0.0526. The van der Waals surface area contributed by atoms with Crippen LogP contribution in [0.1, 0.15) is 49.8 Å². The van der Waals surface area contributed by atoms with Gasteiger partial charge in [-0.3, -0.25) is 10.1 Å². The standard InChI is InChI=1S/C14H19NO3/c1-2-3-4-10-18-14-9-8-11-12(14)6-5-7-13(11)15(16)17/h5-7,14H,2-4,8-10H2,1H3. The van der Waals surface area contributed by atoms with Crippen LogP contribution in [0.5, 0.6) is 0 Å². The average molecular weight is 249 g/mol. The molecule has 1 aliphatic carbocycles. The van der Waals surface area contributed by atoms with Crippen LogP contribution < -0.4 is 0 Å². The van der Waals surface area contributed by atoms with Gasteiger partial charge in [-0.25, -0.2) is 0 Å². The normalized spacial score (nSPS) is 17.7. The Bertz CT molecular complexity index is 431. The third-order valence-electron chi connectivity index (χ3n) is 3.45. The van der Waals surface area contributed by atoms with Gasteiger partial charge in [0.25, 0.3) is 5.69 Å². The van der Waals surface area contributed by atoms with Gasteiger partial charge >= 0.3 is 0 Å². The minimum atomic E-state index is -0.293. The Hall–Kier alpha value is -1.42. The van der Waals surface area contributed by atoms with Crippen LogP contribution in [0.2, 0.25) is 0 Å². The Labute approximate surface area is 107 Å². The summed E-state index contributed by atoms with van der Waals surface area (Å²) in [6.45, 7) is 2.91. The van der Waals surface area contributed by atoms with Crippen molar-refractivity contribution in [3.05, 3.63) is 39.4 Å². The molecule has 1 aromatic carbocycles. The number of benzene rings is 1. The second-order valence-electron chi connectivity index (χ2n) is 4.71. The molecule has 0 fully saturated rings. The van der Waals surface area contributed by atoms with Gasteiger partial charge in [0.2, 0.25) is 0 Å². The van der Waals surface area contributed by atoms with Gasteiger partial charge in [-0.05, 0) is 24.8 Å². The number of hydrogen-bond acceptors (Lipinski definition) is 3. The van der Waals surface area contributed by atoms with E-state index in [9.17, 15) is 10.1 Å². The van der Waals surface area contributed by atoms with E-state index in [2.05, 4.69) is 6.92 Å². The van der Waals surface area contributed by atoms with Crippen molar-refractivity contribution in [2.75, 3.05) is 6.61 Å². The van der Waals surface area contributed by atoms with Crippen LogP contribution in [0.4, 0.5) is 5.69 Å². The number of unbranched alkanes of at least 4 members (excludes halogenated alkanes) is 2. The smallest absolute Gasteiger partial charge is 0.272 e. The number of rotatable bonds is 6. The summed E-state index contributed by atoms with van der Waals surface area (Å²) in [5.74, 6) is 0. The lowest BCUT2D eigenvalue weighted by atomic mass is 10.1. The van der Waals surface area contributed by atoms with Crippen molar-refractivity contribution in [1.82, 2.24) is 0 Å². The molecule has 1 atom stereocenters. The third-order valence-corrected chi connectivity index (χ3v) is 3.45. The van der Waals surface area contributed by atoms with E-state index in [1.165, 1.54) is 12.8 Å². The third kappa shape index (κ3) is 2.70. The van der Waals surface area contributed by atoms with Crippen molar-refractivity contribution in [2.45, 2.75) is 45.1 Å². The van der Waals surface area contributed by atoms with Crippen molar-refractivity contribution >= 4 is 5.69 Å². The van der Waals surface area contributed by atoms with Crippen LogP contribution in [0.3, 0.4) is 0 Å². The molecule has 0 aromatic heterocycles. The molecule has 0 spiro atoms. The summed E-state index contributed by atoms with van der Waals surface area (Å²) in [6, 6.07) is 5.29. The number of hydrogen-bond donors (Lipinski definition) is 0. The van der Waals surface area contributed by atoms with Gasteiger partial charge in [0, 0.05) is 18.2 Å². The van der Waals surface area contributed by atoms with Crippen LogP contribution in [-0.4, -0.2) is 11.5 Å². The summed E-state index contributed by atoms with van der Waals surface area (Å²) in [7, 11) is 0. The molecule has 18 heavy (non-hydrogen) atoms. The first kappa shape index (κ1) is 13.0. The van der Waals surface area contributed by atoms with Gasteiger partial charge in [-0.1, -0.05) is 31.9 Å². The summed E-state index contributed by atoms with van der Waals surface area (Å²) < 4.78 is 5.84. The highest BCUT2D eigenvalue weighted by Crippen LogP contribution is 2.38. The Morgan fingerprint density at radius 2 is 2.28 bits per heavy atom. The van der Waals surface area contributed by atoms with E-state index in [1.54, 1.807) is 12.1 Å². The summed E-state index contributed by atoms with van der Waals surface area (Å²) in [5.41, 5.74) is 2.12. The maximum atomic E-state index is 10.9. The Kier molecular flexibility index (Phi) is 4.31. The van der Waals surface area contributed by atoms with Gasteiger partial charge in [0.05, 0.1) is 11.0 Å². The molecule has 0 saturated carbocycles. The van der Waals surface area contributed by atoms with Crippen molar-refractivity contribution in [2.24, 2.45) is 0 Å². The Balaban J connectivity index is 2.04. The molecular weight excluding hydrogens is 230 g/mol. The van der Waals surface area contributed by atoms with E-state index in [0.717, 1.165) is 37.0 Å². The summed E-state index contributed by atoms with van der Waals surface area (Å²) in [6.07, 6.45) is 5.09. The van der Waals surface area contributed by atoms with Crippen LogP contribution >= 0.6 is 0 Å². The van der Waals surface area contributed by atoms with Crippen LogP contribution in [0, 0.1) is 10.1 Å². The molecule has 1 unspecified atom stereocenters. The molecule has 1 aliphatic rings. The van der Waals surface area contributed by atoms with E-state index < -0.39 is 0 Å². The fourth-order valence-corrected chi connectivity index (χ4v) is 2.52. The van der Waals surface area contributed by atoms with Crippen molar-refractivity contribution in [3.8, 4) is 0 Å². The fraction of sp³-hybridized carbons (Fsp3) is 0.571. The van der Waals surface area contributed by atoms with Crippen LogP contribution in [0.25, 0.3) is 0 Å². The molecule has 98 valence electrons. The highest BCUT2D eigenvalue weighted by molar-refractivity contribution is 5.49. The topological polar surface area (TPSA) is 52.4 Å². The average Bonchev–Trinajstić information content (AvgIpc) is 2.77. The van der Waals surface area contributed by atoms with Crippen molar-refractivity contribution in [1.29, 1.82) is 0 Å². The monoisotopic (exact) mass is 249 g/mol. The lowest BCUT2D eigenvalue weighted by molar-refractivity contribution is -0.385. The van der Waals surface area contributed by atoms with Gasteiger partial charge in [0.1, 0.15) is 0 Å². The number of nitrogens with zero attached hydrogens (tertiary/aromatic N) is 1. The lowest BCUT2D eigenvalue weighted by Gasteiger charge is -2.12. The molecular formula is C14H19NO3. The highest BCUT2D eigenvalue weighted by Gasteiger charge is 2.29. The van der Waals surface area contributed by atoms with Crippen LogP contribution in [-0.2, 0) is 11.2 Å². The molecule has 0 amide bonds. The quantitative estimate of drug-likeness (QED) is 0.438. The van der Waals surface area contributed by atoms with E-state index >= 15 is 0 Å². The van der Waals surface area contributed by atoms with Crippen molar-refractivity contribution < 1.29 is 9.66 Å². The van der Waals surface area contributed by atoms with Gasteiger partial charge in [-0.2, -0.15) is 0 Å². The summed E-state index contributed by atoms with van der Waals surface area (Å²) in [5, 5.41) is 10.9. The predicted octanol–water partition coefficient (Wildman–Crippen LogP) is 3.79. The number of ether oxygens (including phenoxy) is 1. The Morgan fingerprint density at radius 1 is 1.44 bits per heavy atom. The number of nitro benzene ring substituents is 1. The molecule has 0 bridgehead atoms.